The van der Waals surface area contributed by atoms with Crippen LogP contribution in [0.15, 0.2) is 72.8 Å². The molecule has 0 saturated carbocycles. The van der Waals surface area contributed by atoms with Crippen LogP contribution in [0.5, 0.6) is 11.5 Å². The third kappa shape index (κ3) is 6.77. The molecule has 0 aliphatic carbocycles. The van der Waals surface area contributed by atoms with E-state index in [0.717, 1.165) is 36.9 Å². The van der Waals surface area contributed by atoms with Crippen LogP contribution < -0.4 is 9.47 Å². The van der Waals surface area contributed by atoms with Gasteiger partial charge in [0.1, 0.15) is 0 Å². The van der Waals surface area contributed by atoms with E-state index in [4.69, 9.17) is 9.47 Å². The molecule has 3 aromatic rings. The fourth-order valence-electron chi connectivity index (χ4n) is 3.67. The van der Waals surface area contributed by atoms with Crippen LogP contribution in [0.4, 0.5) is 0 Å². The lowest BCUT2D eigenvalue weighted by atomic mass is 10.0. The number of ether oxygens (including phenoxy) is 2. The number of aryl methyl sites for hydroxylation is 1. The Morgan fingerprint density at radius 2 is 1.21 bits per heavy atom. The molecule has 0 unspecified atom stereocenters. The number of hydrogen-bond donors (Lipinski definition) is 0. The Morgan fingerprint density at radius 3 is 1.67 bits per heavy atom. The maximum atomic E-state index is 12.8. The predicted molar refractivity (Wildman–Crippen MR) is 130 cm³/mol. The van der Waals surface area contributed by atoms with Gasteiger partial charge in [-0.05, 0) is 74.0 Å². The average molecular weight is 446 g/mol. The molecule has 3 aromatic carbocycles. The van der Waals surface area contributed by atoms with Crippen LogP contribution in [-0.2, 0) is 13.0 Å². The second kappa shape index (κ2) is 12.0. The zero-order valence-corrected chi connectivity index (χ0v) is 19.5. The number of carbonyl (C=O) groups is 2. The maximum absolute atomic E-state index is 12.8. The Kier molecular flexibility index (Phi) is 8.79. The summed E-state index contributed by atoms with van der Waals surface area (Å²) in [6.45, 7) is 5.92. The summed E-state index contributed by atoms with van der Waals surface area (Å²) in [4.78, 5) is 27.8. The molecule has 0 aromatic heterocycles. The molecule has 0 spiro atoms. The summed E-state index contributed by atoms with van der Waals surface area (Å²) >= 11 is 0. The number of rotatable bonds is 10. The van der Waals surface area contributed by atoms with Gasteiger partial charge in [0.05, 0.1) is 11.1 Å². The van der Waals surface area contributed by atoms with Crippen molar-refractivity contribution in [2.24, 2.45) is 0 Å². The Balaban J connectivity index is 1.99. The molecule has 0 heterocycles. The van der Waals surface area contributed by atoms with Crippen molar-refractivity contribution in [1.82, 2.24) is 4.90 Å². The molecule has 33 heavy (non-hydrogen) atoms. The highest BCUT2D eigenvalue weighted by atomic mass is 16.6. The average Bonchev–Trinajstić information content (AvgIpc) is 2.83. The van der Waals surface area contributed by atoms with Gasteiger partial charge in [0.15, 0.2) is 11.5 Å². The van der Waals surface area contributed by atoms with E-state index in [1.54, 1.807) is 48.5 Å². The smallest absolute Gasteiger partial charge is 0.343 e. The molecule has 0 saturated heterocycles. The van der Waals surface area contributed by atoms with Gasteiger partial charge in [-0.3, -0.25) is 0 Å². The van der Waals surface area contributed by atoms with Gasteiger partial charge >= 0.3 is 11.9 Å². The first kappa shape index (κ1) is 24.2. The fraction of sp³-hybridized carbons (Fsp3) is 0.286. The molecule has 0 radical (unpaired) electrons. The standard InChI is InChI=1S/C28H31NO4/c1-4-12-23-18-25(32-27(30)21-13-8-6-9-14-21)26(19-24(23)20-29(3)17-5-2)33-28(31)22-15-10-7-11-16-22/h6-11,13-16,18-19H,4-5,12,17,20H2,1-3H3. The second-order valence-electron chi connectivity index (χ2n) is 8.07. The lowest BCUT2D eigenvalue weighted by Gasteiger charge is -2.20. The van der Waals surface area contributed by atoms with E-state index >= 15 is 0 Å². The van der Waals surface area contributed by atoms with Crippen molar-refractivity contribution in [2.75, 3.05) is 13.6 Å². The van der Waals surface area contributed by atoms with Gasteiger partial charge in [-0.1, -0.05) is 56.7 Å². The largest absolute Gasteiger partial charge is 0.419 e. The SMILES string of the molecule is CCCc1cc(OC(=O)c2ccccc2)c(OC(=O)c2ccccc2)cc1CN(C)CCC. The minimum Gasteiger partial charge on any atom is -0.419 e. The third-order valence-corrected chi connectivity index (χ3v) is 5.26. The molecule has 0 N–H and O–H groups in total. The van der Waals surface area contributed by atoms with Crippen LogP contribution in [0.2, 0.25) is 0 Å². The Hall–Kier alpha value is -3.44. The molecule has 0 aliphatic rings. The predicted octanol–water partition coefficient (Wildman–Crippen LogP) is 5.92. The number of hydrogen-bond acceptors (Lipinski definition) is 5. The molecular weight excluding hydrogens is 414 g/mol. The van der Waals surface area contributed by atoms with Crippen LogP contribution in [0, 0.1) is 0 Å². The Labute approximate surface area is 196 Å². The minimum absolute atomic E-state index is 0.243. The van der Waals surface area contributed by atoms with E-state index in [1.807, 2.05) is 24.3 Å². The van der Waals surface area contributed by atoms with E-state index in [0.29, 0.717) is 17.7 Å². The first-order valence-corrected chi connectivity index (χ1v) is 11.4. The molecule has 172 valence electrons. The van der Waals surface area contributed by atoms with Crippen LogP contribution in [0.1, 0.15) is 58.5 Å². The minimum atomic E-state index is -0.497. The van der Waals surface area contributed by atoms with Gasteiger partial charge in [0.25, 0.3) is 0 Å². The van der Waals surface area contributed by atoms with Gasteiger partial charge in [-0.2, -0.15) is 0 Å². The van der Waals surface area contributed by atoms with Crippen LogP contribution in [0.3, 0.4) is 0 Å². The molecule has 0 amide bonds. The summed E-state index contributed by atoms with van der Waals surface area (Å²) in [5.41, 5.74) is 3.00. The van der Waals surface area contributed by atoms with E-state index in [1.165, 1.54) is 0 Å². The third-order valence-electron chi connectivity index (χ3n) is 5.26. The van der Waals surface area contributed by atoms with E-state index < -0.39 is 11.9 Å². The van der Waals surface area contributed by atoms with Crippen LogP contribution >= 0.6 is 0 Å². The summed E-state index contributed by atoms with van der Waals surface area (Å²) in [5.74, 6) is -0.499. The summed E-state index contributed by atoms with van der Waals surface area (Å²) in [7, 11) is 2.07. The first-order valence-electron chi connectivity index (χ1n) is 11.4. The number of esters is 2. The van der Waals surface area contributed by atoms with E-state index in [-0.39, 0.29) is 11.5 Å². The van der Waals surface area contributed by atoms with Gasteiger partial charge < -0.3 is 14.4 Å². The lowest BCUT2D eigenvalue weighted by molar-refractivity contribution is 0.0682. The summed E-state index contributed by atoms with van der Waals surface area (Å²) < 4.78 is 11.5. The fourth-order valence-corrected chi connectivity index (χ4v) is 3.67. The lowest BCUT2D eigenvalue weighted by Crippen LogP contribution is -2.20. The molecule has 0 fully saturated rings. The molecule has 5 heteroatoms. The highest BCUT2D eigenvalue weighted by Crippen LogP contribution is 2.34. The Bertz CT molecular complexity index is 1060. The molecular formula is C28H31NO4. The highest BCUT2D eigenvalue weighted by Gasteiger charge is 2.20. The van der Waals surface area contributed by atoms with Crippen LogP contribution in [0.25, 0.3) is 0 Å². The van der Waals surface area contributed by atoms with E-state index in [2.05, 4.69) is 25.8 Å². The topological polar surface area (TPSA) is 55.8 Å². The molecule has 0 atom stereocenters. The molecule has 0 aliphatic heterocycles. The van der Waals surface area contributed by atoms with Crippen molar-refractivity contribution < 1.29 is 19.1 Å². The quantitative estimate of drug-likeness (QED) is 0.286. The molecule has 0 bridgehead atoms. The number of nitrogens with zero attached hydrogens (tertiary/aromatic N) is 1. The van der Waals surface area contributed by atoms with Crippen molar-refractivity contribution in [1.29, 1.82) is 0 Å². The van der Waals surface area contributed by atoms with Crippen molar-refractivity contribution in [3.05, 3.63) is 95.1 Å². The summed E-state index contributed by atoms with van der Waals surface area (Å²) in [6, 6.07) is 21.3. The molecule has 3 rings (SSSR count). The molecule has 5 nitrogen and oxygen atoms in total. The van der Waals surface area contributed by atoms with Crippen molar-refractivity contribution in [3.8, 4) is 11.5 Å². The van der Waals surface area contributed by atoms with E-state index in [9.17, 15) is 9.59 Å². The maximum Gasteiger partial charge on any atom is 0.343 e. The number of benzene rings is 3. The monoisotopic (exact) mass is 445 g/mol. The van der Waals surface area contributed by atoms with Crippen molar-refractivity contribution in [2.45, 2.75) is 39.7 Å². The zero-order valence-electron chi connectivity index (χ0n) is 19.5. The summed E-state index contributed by atoms with van der Waals surface area (Å²) in [5, 5.41) is 0. The zero-order chi connectivity index (χ0) is 23.6. The van der Waals surface area contributed by atoms with Gasteiger partial charge in [-0.25, -0.2) is 9.59 Å². The summed E-state index contributed by atoms with van der Waals surface area (Å²) in [6.07, 6.45) is 2.82. The highest BCUT2D eigenvalue weighted by molar-refractivity contribution is 5.93. The first-order chi connectivity index (χ1) is 16.0. The van der Waals surface area contributed by atoms with Crippen molar-refractivity contribution >= 4 is 11.9 Å². The van der Waals surface area contributed by atoms with Crippen LogP contribution in [-0.4, -0.2) is 30.4 Å². The normalized spacial score (nSPS) is 10.8. The van der Waals surface area contributed by atoms with Gasteiger partial charge in [-0.15, -0.1) is 0 Å². The second-order valence-corrected chi connectivity index (χ2v) is 8.07. The van der Waals surface area contributed by atoms with Crippen molar-refractivity contribution in [3.63, 3.8) is 0 Å². The van der Waals surface area contributed by atoms with Gasteiger partial charge in [0.2, 0.25) is 0 Å². The van der Waals surface area contributed by atoms with Gasteiger partial charge in [0, 0.05) is 6.54 Å². The number of carbonyl (C=O) groups excluding carboxylic acids is 2. The Morgan fingerprint density at radius 1 is 0.727 bits per heavy atom.